The average Bonchev–Trinajstić information content (AvgIpc) is 3.22. The first-order chi connectivity index (χ1) is 12.1. The Labute approximate surface area is 142 Å². The predicted molar refractivity (Wildman–Crippen MR) is 90.1 cm³/mol. The number of oxazole rings is 1. The lowest BCUT2D eigenvalue weighted by Gasteiger charge is -2.04. The summed E-state index contributed by atoms with van der Waals surface area (Å²) in [6.45, 7) is 3.69. The van der Waals surface area contributed by atoms with Crippen molar-refractivity contribution in [3.05, 3.63) is 60.0 Å². The van der Waals surface area contributed by atoms with Gasteiger partial charge in [-0.3, -0.25) is 4.79 Å². The maximum absolute atomic E-state index is 12.4. The monoisotopic (exact) mass is 334 g/mol. The summed E-state index contributed by atoms with van der Waals surface area (Å²) in [5.74, 6) is 1.25. The van der Waals surface area contributed by atoms with E-state index >= 15 is 0 Å². The van der Waals surface area contributed by atoms with E-state index in [1.807, 2.05) is 26.0 Å². The van der Waals surface area contributed by atoms with Crippen LogP contribution in [-0.4, -0.2) is 30.5 Å². The van der Waals surface area contributed by atoms with Crippen LogP contribution in [0.4, 0.5) is 5.69 Å². The van der Waals surface area contributed by atoms with Crippen LogP contribution in [0.5, 0.6) is 0 Å². The molecule has 4 rings (SSSR count). The van der Waals surface area contributed by atoms with Crippen LogP contribution in [0, 0.1) is 13.8 Å². The minimum Gasteiger partial charge on any atom is -0.441 e. The molecule has 3 heterocycles. The molecule has 0 aliphatic carbocycles. The molecule has 0 aliphatic rings. The maximum Gasteiger partial charge on any atom is 0.295 e. The second kappa shape index (κ2) is 5.82. The lowest BCUT2D eigenvalue weighted by molar-refractivity contribution is 0.101. The second-order valence-corrected chi connectivity index (χ2v) is 5.54. The fraction of sp³-hybridized carbons (Fsp3) is 0.118. The minimum atomic E-state index is -0.411. The Kier molecular flexibility index (Phi) is 3.50. The molecule has 0 aliphatic heterocycles. The molecule has 0 atom stereocenters. The van der Waals surface area contributed by atoms with Gasteiger partial charge in [0.1, 0.15) is 5.76 Å². The summed E-state index contributed by atoms with van der Waals surface area (Å²) in [6.07, 6.45) is 3.28. The van der Waals surface area contributed by atoms with E-state index in [1.54, 1.807) is 30.6 Å². The Hall–Kier alpha value is -3.55. The van der Waals surface area contributed by atoms with Crippen LogP contribution in [0.15, 0.2) is 47.1 Å². The Bertz CT molecular complexity index is 1080. The SMILES string of the molecule is Cc1cnc(-c2cccc(NC(=O)c3nc4nccc(C)n4n3)c2)o1. The van der Waals surface area contributed by atoms with Crippen LogP contribution < -0.4 is 5.32 Å². The van der Waals surface area contributed by atoms with Crippen LogP contribution >= 0.6 is 0 Å². The molecule has 0 saturated carbocycles. The zero-order valence-corrected chi connectivity index (χ0v) is 13.6. The molecule has 8 nitrogen and oxygen atoms in total. The molecule has 0 saturated heterocycles. The molecule has 1 N–H and O–H groups in total. The minimum absolute atomic E-state index is 0.0548. The van der Waals surface area contributed by atoms with Gasteiger partial charge < -0.3 is 9.73 Å². The van der Waals surface area contributed by atoms with Gasteiger partial charge in [-0.15, -0.1) is 5.10 Å². The maximum atomic E-state index is 12.4. The third kappa shape index (κ3) is 2.85. The largest absolute Gasteiger partial charge is 0.441 e. The van der Waals surface area contributed by atoms with Crippen LogP contribution in [0.2, 0.25) is 0 Å². The van der Waals surface area contributed by atoms with Crippen LogP contribution in [0.25, 0.3) is 17.2 Å². The van der Waals surface area contributed by atoms with E-state index in [9.17, 15) is 4.79 Å². The van der Waals surface area contributed by atoms with Crippen molar-refractivity contribution in [3.63, 3.8) is 0 Å². The predicted octanol–water partition coefficient (Wildman–Crippen LogP) is 2.65. The van der Waals surface area contributed by atoms with Crippen LogP contribution in [-0.2, 0) is 0 Å². The number of hydrogen-bond acceptors (Lipinski definition) is 6. The Morgan fingerprint density at radius 1 is 1.20 bits per heavy atom. The molecule has 25 heavy (non-hydrogen) atoms. The van der Waals surface area contributed by atoms with E-state index in [2.05, 4.69) is 25.4 Å². The Morgan fingerprint density at radius 3 is 2.84 bits per heavy atom. The normalized spacial score (nSPS) is 11.0. The number of fused-ring (bicyclic) bond motifs is 1. The fourth-order valence-electron chi connectivity index (χ4n) is 2.41. The number of amides is 1. The average molecular weight is 334 g/mol. The van der Waals surface area contributed by atoms with Crippen molar-refractivity contribution in [1.82, 2.24) is 24.6 Å². The van der Waals surface area contributed by atoms with E-state index in [0.717, 1.165) is 17.0 Å². The van der Waals surface area contributed by atoms with E-state index in [4.69, 9.17) is 4.42 Å². The van der Waals surface area contributed by atoms with Gasteiger partial charge in [-0.1, -0.05) is 6.07 Å². The van der Waals surface area contributed by atoms with E-state index in [-0.39, 0.29) is 5.82 Å². The van der Waals surface area contributed by atoms with E-state index < -0.39 is 5.91 Å². The van der Waals surface area contributed by atoms with Gasteiger partial charge in [0.15, 0.2) is 0 Å². The van der Waals surface area contributed by atoms with E-state index in [1.165, 1.54) is 4.52 Å². The molecular weight excluding hydrogens is 320 g/mol. The lowest BCUT2D eigenvalue weighted by atomic mass is 10.2. The molecule has 0 radical (unpaired) electrons. The number of carbonyl (C=O) groups is 1. The first kappa shape index (κ1) is 15.0. The highest BCUT2D eigenvalue weighted by molar-refractivity contribution is 6.02. The van der Waals surface area contributed by atoms with Crippen molar-refractivity contribution < 1.29 is 9.21 Å². The quantitative estimate of drug-likeness (QED) is 0.618. The number of benzene rings is 1. The van der Waals surface area contributed by atoms with Crippen LogP contribution in [0.3, 0.4) is 0 Å². The molecule has 0 spiro atoms. The Balaban J connectivity index is 1.61. The van der Waals surface area contributed by atoms with Crippen molar-refractivity contribution in [2.45, 2.75) is 13.8 Å². The van der Waals surface area contributed by atoms with Crippen molar-refractivity contribution in [2.75, 3.05) is 5.32 Å². The summed E-state index contributed by atoms with van der Waals surface area (Å²) in [7, 11) is 0. The highest BCUT2D eigenvalue weighted by atomic mass is 16.4. The van der Waals surface area contributed by atoms with E-state index in [0.29, 0.717) is 17.4 Å². The van der Waals surface area contributed by atoms with Gasteiger partial charge >= 0.3 is 0 Å². The smallest absolute Gasteiger partial charge is 0.295 e. The third-order valence-electron chi connectivity index (χ3n) is 3.62. The topological polar surface area (TPSA) is 98.2 Å². The molecule has 0 bridgehead atoms. The highest BCUT2D eigenvalue weighted by Gasteiger charge is 2.15. The summed E-state index contributed by atoms with van der Waals surface area (Å²) < 4.78 is 7.04. The summed E-state index contributed by atoms with van der Waals surface area (Å²) in [5.41, 5.74) is 2.21. The van der Waals surface area contributed by atoms with Gasteiger partial charge in [0, 0.05) is 23.1 Å². The summed E-state index contributed by atoms with van der Waals surface area (Å²) in [4.78, 5) is 24.9. The summed E-state index contributed by atoms with van der Waals surface area (Å²) in [6, 6.07) is 9.02. The molecule has 124 valence electrons. The zero-order valence-electron chi connectivity index (χ0n) is 13.6. The number of anilines is 1. The summed E-state index contributed by atoms with van der Waals surface area (Å²) >= 11 is 0. The van der Waals surface area contributed by atoms with Gasteiger partial charge in [-0.05, 0) is 38.1 Å². The molecular formula is C17H14N6O2. The number of nitrogens with zero attached hydrogens (tertiary/aromatic N) is 5. The molecule has 3 aromatic heterocycles. The molecule has 4 aromatic rings. The molecule has 1 aromatic carbocycles. The molecule has 8 heteroatoms. The third-order valence-corrected chi connectivity index (χ3v) is 3.62. The number of aromatic nitrogens is 5. The molecule has 0 fully saturated rings. The van der Waals surface area contributed by atoms with Crippen molar-refractivity contribution >= 4 is 17.4 Å². The fourth-order valence-corrected chi connectivity index (χ4v) is 2.41. The highest BCUT2D eigenvalue weighted by Crippen LogP contribution is 2.22. The first-order valence-corrected chi connectivity index (χ1v) is 7.63. The van der Waals surface area contributed by atoms with Gasteiger partial charge in [0.2, 0.25) is 11.7 Å². The number of carbonyl (C=O) groups excluding carboxylic acids is 1. The van der Waals surface area contributed by atoms with Gasteiger partial charge in [0.25, 0.3) is 11.7 Å². The van der Waals surface area contributed by atoms with Gasteiger partial charge in [-0.2, -0.15) is 4.98 Å². The Morgan fingerprint density at radius 2 is 2.08 bits per heavy atom. The zero-order chi connectivity index (χ0) is 17.4. The van der Waals surface area contributed by atoms with Crippen molar-refractivity contribution in [1.29, 1.82) is 0 Å². The van der Waals surface area contributed by atoms with Gasteiger partial charge in [0.05, 0.1) is 6.20 Å². The number of nitrogens with one attached hydrogen (secondary N) is 1. The number of rotatable bonds is 3. The number of hydrogen-bond donors (Lipinski definition) is 1. The molecule has 1 amide bonds. The molecule has 0 unspecified atom stereocenters. The standard InChI is InChI=1S/C17H14N6O2/c1-10-6-7-18-17-21-14(22-23(10)17)15(24)20-13-5-3-4-12(8-13)16-19-9-11(2)25-16/h3-9H,1-2H3,(H,20,24). The lowest BCUT2D eigenvalue weighted by Crippen LogP contribution is -2.14. The van der Waals surface area contributed by atoms with Crippen molar-refractivity contribution in [3.8, 4) is 11.5 Å². The van der Waals surface area contributed by atoms with Crippen molar-refractivity contribution in [2.24, 2.45) is 0 Å². The van der Waals surface area contributed by atoms with Gasteiger partial charge in [-0.25, -0.2) is 14.5 Å². The van der Waals surface area contributed by atoms with Crippen LogP contribution in [0.1, 0.15) is 22.1 Å². The first-order valence-electron chi connectivity index (χ1n) is 7.63. The second-order valence-electron chi connectivity index (χ2n) is 5.54. The number of aryl methyl sites for hydroxylation is 2. The summed E-state index contributed by atoms with van der Waals surface area (Å²) in [5, 5.41) is 6.97.